The second-order valence-electron chi connectivity index (χ2n) is 8.41. The fraction of sp³-hybridized carbons (Fsp3) is 0.375. The largest absolute Gasteiger partial charge is 0.497 e. The molecule has 2 unspecified atom stereocenters. The average molecular weight is 450 g/mol. The summed E-state index contributed by atoms with van der Waals surface area (Å²) in [5.74, 6) is 1.84. The van der Waals surface area contributed by atoms with Crippen molar-refractivity contribution >= 4 is 23.6 Å². The number of rotatable bonds is 5. The molecular weight excluding hydrogens is 422 g/mol. The van der Waals surface area contributed by atoms with Crippen molar-refractivity contribution in [1.82, 2.24) is 14.7 Å². The number of guanidine groups is 1. The Morgan fingerprint density at radius 1 is 1.06 bits per heavy atom. The van der Waals surface area contributed by atoms with Gasteiger partial charge in [-0.1, -0.05) is 24.3 Å². The van der Waals surface area contributed by atoms with Gasteiger partial charge in [0.1, 0.15) is 11.5 Å². The van der Waals surface area contributed by atoms with Gasteiger partial charge in [0.05, 0.1) is 26.5 Å². The van der Waals surface area contributed by atoms with E-state index in [0.29, 0.717) is 30.5 Å². The molecule has 3 aliphatic rings. The van der Waals surface area contributed by atoms with Crippen molar-refractivity contribution in [3.8, 4) is 11.5 Å². The Kier molecular flexibility index (Phi) is 5.11. The third kappa shape index (κ3) is 3.26. The van der Waals surface area contributed by atoms with Crippen LogP contribution in [-0.4, -0.2) is 79.2 Å². The zero-order valence-corrected chi connectivity index (χ0v) is 19.2. The molecule has 0 radical (unpaired) electrons. The number of benzene rings is 2. The van der Waals surface area contributed by atoms with Crippen LogP contribution in [0.1, 0.15) is 11.1 Å². The Morgan fingerprint density at radius 3 is 2.58 bits per heavy atom. The van der Waals surface area contributed by atoms with E-state index in [-0.39, 0.29) is 18.5 Å². The minimum atomic E-state index is -0.562. The smallest absolute Gasteiger partial charge is 0.328 e. The fourth-order valence-electron chi connectivity index (χ4n) is 4.78. The molecule has 2 fully saturated rings. The lowest BCUT2D eigenvalue weighted by Crippen LogP contribution is -2.64. The van der Waals surface area contributed by atoms with Crippen molar-refractivity contribution in [2.45, 2.75) is 25.7 Å². The molecule has 3 amide bonds. The van der Waals surface area contributed by atoms with Gasteiger partial charge in [-0.05, 0) is 30.2 Å². The van der Waals surface area contributed by atoms with E-state index in [1.807, 2.05) is 59.2 Å². The molecule has 9 nitrogen and oxygen atoms in total. The molecule has 0 bridgehead atoms. The molecule has 2 atom stereocenters. The van der Waals surface area contributed by atoms with Crippen molar-refractivity contribution < 1.29 is 19.1 Å². The Hall–Kier alpha value is -3.75. The number of carbonyl (C=O) groups is 2. The highest BCUT2D eigenvalue weighted by molar-refractivity contribution is 6.08. The molecule has 0 aromatic heterocycles. The highest BCUT2D eigenvalue weighted by atomic mass is 16.5. The number of hydrogen-bond acceptors (Lipinski definition) is 7. The van der Waals surface area contributed by atoms with Crippen molar-refractivity contribution in [2.75, 3.05) is 39.3 Å². The SMILES string of the molecule is COc1ccc(OC)c(N2CCN3C2=NC2C3C(=O)N(Cc3ccccc3C)C(=O)N2C)c1. The van der Waals surface area contributed by atoms with Gasteiger partial charge in [-0.3, -0.25) is 9.69 Å². The van der Waals surface area contributed by atoms with Crippen LogP contribution in [0.4, 0.5) is 10.5 Å². The first-order valence-electron chi connectivity index (χ1n) is 10.9. The predicted octanol–water partition coefficient (Wildman–Crippen LogP) is 2.29. The summed E-state index contributed by atoms with van der Waals surface area (Å²) in [6.07, 6.45) is -0.562. The highest BCUT2D eigenvalue weighted by Crippen LogP contribution is 2.38. The zero-order chi connectivity index (χ0) is 23.3. The first-order chi connectivity index (χ1) is 15.9. The van der Waals surface area contributed by atoms with E-state index < -0.39 is 12.2 Å². The van der Waals surface area contributed by atoms with Crippen LogP contribution in [0, 0.1) is 6.92 Å². The monoisotopic (exact) mass is 449 g/mol. The van der Waals surface area contributed by atoms with Gasteiger partial charge in [-0.15, -0.1) is 0 Å². The van der Waals surface area contributed by atoms with Gasteiger partial charge >= 0.3 is 6.03 Å². The van der Waals surface area contributed by atoms with Crippen LogP contribution in [0.15, 0.2) is 47.5 Å². The Balaban J connectivity index is 1.47. The summed E-state index contributed by atoms with van der Waals surface area (Å²) in [5, 5.41) is 0. The van der Waals surface area contributed by atoms with E-state index in [1.165, 1.54) is 4.90 Å². The standard InChI is InChI=1S/C24H27N5O4/c1-15-7-5-6-8-16(15)14-29-22(30)20-21(26(2)24(29)31)25-23-27(11-12-28(20)23)18-13-17(32-3)9-10-19(18)33-4/h5-10,13,20-21H,11-12,14H2,1-4H3. The maximum Gasteiger partial charge on any atom is 0.328 e. The number of imide groups is 1. The quantitative estimate of drug-likeness (QED) is 0.697. The summed E-state index contributed by atoms with van der Waals surface area (Å²) in [5.41, 5.74) is 2.81. The zero-order valence-electron chi connectivity index (χ0n) is 19.2. The van der Waals surface area contributed by atoms with E-state index in [0.717, 1.165) is 16.8 Å². The number of methoxy groups -OCH3 is 2. The van der Waals surface area contributed by atoms with Crippen LogP contribution in [-0.2, 0) is 11.3 Å². The second kappa shape index (κ2) is 7.99. The first kappa shape index (κ1) is 21.1. The van der Waals surface area contributed by atoms with E-state index in [1.54, 1.807) is 26.2 Å². The van der Waals surface area contributed by atoms with Crippen LogP contribution < -0.4 is 14.4 Å². The molecule has 0 spiro atoms. The van der Waals surface area contributed by atoms with Crippen molar-refractivity contribution in [3.63, 3.8) is 0 Å². The summed E-state index contributed by atoms with van der Waals surface area (Å²) in [6, 6.07) is 12.5. The number of nitrogens with zero attached hydrogens (tertiary/aromatic N) is 5. The highest BCUT2D eigenvalue weighted by Gasteiger charge is 2.54. The molecule has 0 aliphatic carbocycles. The number of aliphatic imine (C=N–C) groups is 1. The van der Waals surface area contributed by atoms with Gasteiger partial charge in [0.15, 0.2) is 12.2 Å². The normalized spacial score (nSPS) is 21.9. The Morgan fingerprint density at radius 2 is 1.85 bits per heavy atom. The van der Waals surface area contributed by atoms with Crippen molar-refractivity contribution in [1.29, 1.82) is 0 Å². The van der Waals surface area contributed by atoms with Gasteiger partial charge in [0.25, 0.3) is 5.91 Å². The summed E-state index contributed by atoms with van der Waals surface area (Å²) >= 11 is 0. The topological polar surface area (TPSA) is 77.9 Å². The van der Waals surface area contributed by atoms with E-state index in [4.69, 9.17) is 14.5 Å². The molecular formula is C24H27N5O4. The summed E-state index contributed by atoms with van der Waals surface area (Å²) in [7, 11) is 4.95. The third-order valence-corrected chi connectivity index (χ3v) is 6.64. The maximum absolute atomic E-state index is 13.6. The first-order valence-corrected chi connectivity index (χ1v) is 10.9. The number of likely N-dealkylation sites (N-methyl/N-ethyl adjacent to an activating group) is 1. The molecule has 2 saturated heterocycles. The summed E-state index contributed by atoms with van der Waals surface area (Å²) < 4.78 is 11.0. The molecule has 3 heterocycles. The van der Waals surface area contributed by atoms with Crippen LogP contribution in [0.25, 0.3) is 0 Å². The van der Waals surface area contributed by atoms with E-state index in [2.05, 4.69) is 0 Å². The lowest BCUT2D eigenvalue weighted by molar-refractivity contribution is -0.137. The Bertz CT molecular complexity index is 1150. The van der Waals surface area contributed by atoms with Gasteiger partial charge in [-0.25, -0.2) is 9.79 Å². The maximum atomic E-state index is 13.6. The van der Waals surface area contributed by atoms with Gasteiger partial charge < -0.3 is 24.2 Å². The molecule has 0 N–H and O–H groups in total. The molecule has 9 heteroatoms. The second-order valence-corrected chi connectivity index (χ2v) is 8.41. The van der Waals surface area contributed by atoms with Crippen molar-refractivity contribution in [2.24, 2.45) is 4.99 Å². The van der Waals surface area contributed by atoms with Gasteiger partial charge in [0.2, 0.25) is 5.96 Å². The fourth-order valence-corrected chi connectivity index (χ4v) is 4.78. The van der Waals surface area contributed by atoms with Crippen molar-refractivity contribution in [3.05, 3.63) is 53.6 Å². The lowest BCUT2D eigenvalue weighted by Gasteiger charge is -2.40. The van der Waals surface area contributed by atoms with Gasteiger partial charge in [0, 0.05) is 26.2 Å². The molecule has 172 valence electrons. The van der Waals surface area contributed by atoms with E-state index >= 15 is 0 Å². The minimum Gasteiger partial charge on any atom is -0.497 e. The number of aryl methyl sites for hydroxylation is 1. The predicted molar refractivity (Wildman–Crippen MR) is 123 cm³/mol. The number of ether oxygens (including phenoxy) is 2. The lowest BCUT2D eigenvalue weighted by atomic mass is 10.1. The molecule has 0 saturated carbocycles. The number of hydrogen-bond donors (Lipinski definition) is 0. The van der Waals surface area contributed by atoms with Crippen LogP contribution >= 0.6 is 0 Å². The molecule has 2 aromatic carbocycles. The molecule has 3 aliphatic heterocycles. The minimum absolute atomic E-state index is 0.218. The number of fused-ring (bicyclic) bond motifs is 3. The van der Waals surface area contributed by atoms with Crippen LogP contribution in [0.2, 0.25) is 0 Å². The molecule has 33 heavy (non-hydrogen) atoms. The summed E-state index contributed by atoms with van der Waals surface area (Å²) in [6.45, 7) is 3.49. The van der Waals surface area contributed by atoms with Crippen LogP contribution in [0.3, 0.4) is 0 Å². The van der Waals surface area contributed by atoms with E-state index in [9.17, 15) is 9.59 Å². The molecule has 5 rings (SSSR count). The number of anilines is 1. The van der Waals surface area contributed by atoms with Gasteiger partial charge in [-0.2, -0.15) is 0 Å². The Labute approximate surface area is 192 Å². The third-order valence-electron chi connectivity index (χ3n) is 6.64. The number of amides is 3. The molecule has 2 aromatic rings. The average Bonchev–Trinajstić information content (AvgIpc) is 3.40. The number of carbonyl (C=O) groups excluding carboxylic acids is 2. The van der Waals surface area contributed by atoms with Crippen LogP contribution in [0.5, 0.6) is 11.5 Å². The number of urea groups is 1. The summed E-state index contributed by atoms with van der Waals surface area (Å²) in [4.78, 5) is 38.5.